The third-order valence-electron chi connectivity index (χ3n) is 3.50. The first kappa shape index (κ1) is 14.3. The van der Waals surface area contributed by atoms with Crippen LogP contribution in [-0.4, -0.2) is 16.6 Å². The Morgan fingerprint density at radius 1 is 1.32 bits per heavy atom. The van der Waals surface area contributed by atoms with E-state index >= 15 is 0 Å². The third kappa shape index (κ3) is 3.07. The fourth-order valence-electron chi connectivity index (χ4n) is 2.33. The molecule has 2 rings (SSSR count). The Bertz CT molecular complexity index is 587. The summed E-state index contributed by atoms with van der Waals surface area (Å²) < 4.78 is 3.33. The predicted molar refractivity (Wildman–Crippen MR) is 82.4 cm³/mol. The van der Waals surface area contributed by atoms with E-state index in [1.165, 1.54) is 16.8 Å². The van der Waals surface area contributed by atoms with Gasteiger partial charge in [-0.25, -0.2) is 4.98 Å². The number of aryl methyl sites for hydroxylation is 2. The van der Waals surface area contributed by atoms with Crippen molar-refractivity contribution in [2.24, 2.45) is 7.05 Å². The number of hydrogen-bond donors (Lipinski definition) is 1. The highest BCUT2D eigenvalue weighted by Gasteiger charge is 2.12. The molecule has 0 radical (unpaired) electrons. The summed E-state index contributed by atoms with van der Waals surface area (Å²) in [6.45, 7) is 5.04. The van der Waals surface area contributed by atoms with E-state index < -0.39 is 0 Å². The van der Waals surface area contributed by atoms with E-state index in [-0.39, 0.29) is 0 Å². The van der Waals surface area contributed by atoms with Gasteiger partial charge >= 0.3 is 0 Å². The Balaban J connectivity index is 2.33. The Labute approximate surface area is 123 Å². The van der Waals surface area contributed by atoms with Crippen molar-refractivity contribution in [1.29, 1.82) is 0 Å². The zero-order chi connectivity index (χ0) is 14.0. The second-order valence-electron chi connectivity index (χ2n) is 4.90. The lowest BCUT2D eigenvalue weighted by Crippen LogP contribution is -2.11. The molecule has 4 heteroatoms. The van der Waals surface area contributed by atoms with Crippen molar-refractivity contribution in [1.82, 2.24) is 14.9 Å². The van der Waals surface area contributed by atoms with Crippen LogP contribution in [0.5, 0.6) is 0 Å². The highest BCUT2D eigenvalue weighted by molar-refractivity contribution is 9.10. The van der Waals surface area contributed by atoms with E-state index in [9.17, 15) is 0 Å². The number of imidazole rings is 1. The maximum absolute atomic E-state index is 4.63. The van der Waals surface area contributed by atoms with Crippen LogP contribution in [0.3, 0.4) is 0 Å². The van der Waals surface area contributed by atoms with Crippen LogP contribution in [0.25, 0.3) is 0 Å². The molecule has 1 heterocycles. The molecule has 0 spiro atoms. The van der Waals surface area contributed by atoms with E-state index in [1.54, 1.807) is 0 Å². The predicted octanol–water partition coefficient (Wildman–Crippen LogP) is 3.11. The maximum Gasteiger partial charge on any atom is 0.122 e. The molecule has 0 saturated heterocycles. The van der Waals surface area contributed by atoms with Crippen LogP contribution < -0.4 is 5.32 Å². The normalized spacial score (nSPS) is 11.0. The van der Waals surface area contributed by atoms with Crippen LogP contribution in [0, 0.1) is 13.8 Å². The van der Waals surface area contributed by atoms with Gasteiger partial charge in [0.05, 0.1) is 12.2 Å². The van der Waals surface area contributed by atoms with Crippen LogP contribution in [-0.2, 0) is 20.0 Å². The molecule has 0 amide bonds. The first-order valence-corrected chi connectivity index (χ1v) is 7.23. The smallest absolute Gasteiger partial charge is 0.122 e. The zero-order valence-corrected chi connectivity index (χ0v) is 13.5. The van der Waals surface area contributed by atoms with Gasteiger partial charge in [0, 0.05) is 23.6 Å². The van der Waals surface area contributed by atoms with Gasteiger partial charge in [-0.15, -0.1) is 0 Å². The largest absolute Gasteiger partial charge is 0.333 e. The Morgan fingerprint density at radius 2 is 2.05 bits per heavy atom. The van der Waals surface area contributed by atoms with Gasteiger partial charge in [-0.1, -0.05) is 22.0 Å². The van der Waals surface area contributed by atoms with Crippen molar-refractivity contribution >= 4 is 15.9 Å². The molecule has 0 fully saturated rings. The summed E-state index contributed by atoms with van der Waals surface area (Å²) in [5.74, 6) is 1.09. The van der Waals surface area contributed by atoms with Crippen molar-refractivity contribution < 1.29 is 0 Å². The average Bonchev–Trinajstić information content (AvgIpc) is 2.60. The van der Waals surface area contributed by atoms with Crippen LogP contribution in [0.1, 0.15) is 28.3 Å². The van der Waals surface area contributed by atoms with Crippen LogP contribution in [0.2, 0.25) is 0 Å². The minimum Gasteiger partial charge on any atom is -0.333 e. The number of halogens is 1. The molecule has 0 aliphatic rings. The summed E-state index contributed by atoms with van der Waals surface area (Å²) in [5, 5.41) is 3.16. The van der Waals surface area contributed by atoms with Crippen molar-refractivity contribution in [2.45, 2.75) is 26.8 Å². The van der Waals surface area contributed by atoms with Crippen molar-refractivity contribution in [3.8, 4) is 0 Å². The number of nitrogens with one attached hydrogen (secondary N) is 1. The number of hydrogen-bond acceptors (Lipinski definition) is 2. The molecule has 3 nitrogen and oxygen atoms in total. The van der Waals surface area contributed by atoms with Gasteiger partial charge in [-0.05, 0) is 44.2 Å². The van der Waals surface area contributed by atoms with E-state index in [1.807, 2.05) is 7.05 Å². The Hall–Kier alpha value is -1.13. The van der Waals surface area contributed by atoms with Gasteiger partial charge in [0.25, 0.3) is 0 Å². The summed E-state index contributed by atoms with van der Waals surface area (Å²) in [5.41, 5.74) is 5.07. The zero-order valence-electron chi connectivity index (χ0n) is 11.9. The van der Waals surface area contributed by atoms with Gasteiger partial charge in [0.15, 0.2) is 0 Å². The minimum atomic E-state index is 0.802. The fourth-order valence-corrected chi connectivity index (χ4v) is 2.81. The summed E-state index contributed by atoms with van der Waals surface area (Å²) in [6.07, 6.45) is 0.929. The second kappa shape index (κ2) is 5.88. The van der Waals surface area contributed by atoms with Crippen LogP contribution in [0.15, 0.2) is 22.7 Å². The van der Waals surface area contributed by atoms with Crippen molar-refractivity contribution in [2.75, 3.05) is 7.05 Å². The highest BCUT2D eigenvalue weighted by Crippen LogP contribution is 2.20. The molecule has 19 heavy (non-hydrogen) atoms. The third-order valence-corrected chi connectivity index (χ3v) is 4.00. The molecule has 0 bridgehead atoms. The van der Waals surface area contributed by atoms with E-state index in [2.05, 4.69) is 69.9 Å². The molecule has 102 valence electrons. The molecule has 0 unspecified atom stereocenters. The lowest BCUT2D eigenvalue weighted by atomic mass is 10.0. The van der Waals surface area contributed by atoms with Gasteiger partial charge in [-0.3, -0.25) is 0 Å². The highest BCUT2D eigenvalue weighted by atomic mass is 79.9. The molecule has 0 aliphatic carbocycles. The first-order chi connectivity index (χ1) is 9.02. The van der Waals surface area contributed by atoms with Crippen LogP contribution in [0.4, 0.5) is 0 Å². The molecule has 1 aromatic carbocycles. The standard InChI is InChI=1S/C15H20BrN3/c1-10-7-13(16)6-5-12(10)8-14-11(2)18-15(9-17-3)19(14)4/h5-7,17H,8-9H2,1-4H3. The summed E-state index contributed by atoms with van der Waals surface area (Å²) in [4.78, 5) is 4.63. The van der Waals surface area contributed by atoms with E-state index in [0.29, 0.717) is 0 Å². The Kier molecular flexibility index (Phi) is 4.42. The van der Waals surface area contributed by atoms with E-state index in [4.69, 9.17) is 0 Å². The minimum absolute atomic E-state index is 0.802. The Morgan fingerprint density at radius 3 is 2.68 bits per heavy atom. The molecule has 0 aliphatic heterocycles. The van der Waals surface area contributed by atoms with Gasteiger partial charge in [-0.2, -0.15) is 0 Å². The van der Waals surface area contributed by atoms with Gasteiger partial charge in [0.1, 0.15) is 5.82 Å². The van der Waals surface area contributed by atoms with Crippen molar-refractivity contribution in [3.63, 3.8) is 0 Å². The van der Waals surface area contributed by atoms with Gasteiger partial charge < -0.3 is 9.88 Å². The average molecular weight is 322 g/mol. The molecule has 1 aromatic heterocycles. The quantitative estimate of drug-likeness (QED) is 0.937. The SMILES string of the molecule is CNCc1nc(C)c(Cc2ccc(Br)cc2C)n1C. The summed E-state index contributed by atoms with van der Waals surface area (Å²) in [7, 11) is 4.04. The molecule has 0 saturated carbocycles. The van der Waals surface area contributed by atoms with Crippen molar-refractivity contribution in [3.05, 3.63) is 51.0 Å². The number of nitrogens with zero attached hydrogens (tertiary/aromatic N) is 2. The second-order valence-corrected chi connectivity index (χ2v) is 5.81. The first-order valence-electron chi connectivity index (χ1n) is 6.43. The molecular weight excluding hydrogens is 302 g/mol. The molecule has 1 N–H and O–H groups in total. The number of rotatable bonds is 4. The fraction of sp³-hybridized carbons (Fsp3) is 0.400. The van der Waals surface area contributed by atoms with Gasteiger partial charge in [0.2, 0.25) is 0 Å². The lowest BCUT2D eigenvalue weighted by Gasteiger charge is -2.09. The lowest BCUT2D eigenvalue weighted by molar-refractivity contribution is 0.695. The number of benzene rings is 1. The summed E-state index contributed by atoms with van der Waals surface area (Å²) in [6, 6.07) is 6.45. The maximum atomic E-state index is 4.63. The molecular formula is C15H20BrN3. The summed E-state index contributed by atoms with van der Waals surface area (Å²) >= 11 is 3.51. The van der Waals surface area contributed by atoms with Crippen LogP contribution >= 0.6 is 15.9 Å². The topological polar surface area (TPSA) is 29.9 Å². The molecule has 0 atom stereocenters. The monoisotopic (exact) mass is 321 g/mol. The number of aromatic nitrogens is 2. The van der Waals surface area contributed by atoms with E-state index in [0.717, 1.165) is 29.0 Å². The molecule has 2 aromatic rings.